The van der Waals surface area contributed by atoms with Crippen molar-refractivity contribution < 1.29 is 14.1 Å². The van der Waals surface area contributed by atoms with Gasteiger partial charge in [-0.25, -0.2) is 4.79 Å². The maximum atomic E-state index is 11.8. The smallest absolute Gasteiger partial charge is 0.336 e. The van der Waals surface area contributed by atoms with Gasteiger partial charge in [0.1, 0.15) is 11.3 Å². The molecule has 0 spiro atoms. The molecule has 0 saturated heterocycles. The molecule has 1 heterocycles. The van der Waals surface area contributed by atoms with Crippen LogP contribution in [0, 0.1) is 10.1 Å². The van der Waals surface area contributed by atoms with E-state index in [1.165, 1.54) is 25.3 Å². The van der Waals surface area contributed by atoms with E-state index in [0.717, 1.165) is 0 Å². The lowest BCUT2D eigenvalue weighted by Gasteiger charge is -2.07. The number of nitro benzene ring substituents is 1. The Labute approximate surface area is 124 Å². The summed E-state index contributed by atoms with van der Waals surface area (Å²) in [5.74, 6) is 0.562. The number of nitrogens with zero attached hydrogens (tertiary/aromatic N) is 1. The predicted octanol–water partition coefficient (Wildman–Crippen LogP) is 3.38. The summed E-state index contributed by atoms with van der Waals surface area (Å²) in [6.45, 7) is 0. The molecule has 2 aromatic carbocycles. The van der Waals surface area contributed by atoms with Crippen molar-refractivity contribution in [2.45, 2.75) is 0 Å². The van der Waals surface area contributed by atoms with Crippen LogP contribution in [-0.2, 0) is 0 Å². The highest BCUT2D eigenvalue weighted by molar-refractivity contribution is 5.94. The monoisotopic (exact) mass is 297 g/mol. The standard InChI is InChI=1S/C16H11NO5/c1-21-12-5-6-13-14(9-16(18)22-15(13)8-12)10-3-2-4-11(7-10)17(19)20/h2-9H,1H3. The fraction of sp³-hybridized carbons (Fsp3) is 0.0625. The summed E-state index contributed by atoms with van der Waals surface area (Å²) < 4.78 is 10.3. The summed E-state index contributed by atoms with van der Waals surface area (Å²) in [7, 11) is 1.52. The summed E-state index contributed by atoms with van der Waals surface area (Å²) in [5, 5.41) is 11.6. The third-order valence-corrected chi connectivity index (χ3v) is 3.32. The predicted molar refractivity (Wildman–Crippen MR) is 81.1 cm³/mol. The first-order chi connectivity index (χ1) is 10.6. The minimum Gasteiger partial charge on any atom is -0.497 e. The maximum absolute atomic E-state index is 11.8. The van der Waals surface area contributed by atoms with Gasteiger partial charge in [-0.3, -0.25) is 10.1 Å². The molecule has 22 heavy (non-hydrogen) atoms. The molecule has 0 unspecified atom stereocenters. The van der Waals surface area contributed by atoms with Gasteiger partial charge < -0.3 is 9.15 Å². The van der Waals surface area contributed by atoms with Crippen molar-refractivity contribution in [1.82, 2.24) is 0 Å². The molecule has 6 nitrogen and oxygen atoms in total. The summed E-state index contributed by atoms with van der Waals surface area (Å²) >= 11 is 0. The van der Waals surface area contributed by atoms with Crippen molar-refractivity contribution in [2.24, 2.45) is 0 Å². The molecule has 0 aliphatic rings. The topological polar surface area (TPSA) is 82.6 Å². The van der Waals surface area contributed by atoms with Crippen LogP contribution in [0.4, 0.5) is 5.69 Å². The minimum absolute atomic E-state index is 0.0348. The highest BCUT2D eigenvalue weighted by Crippen LogP contribution is 2.31. The Kier molecular flexibility index (Phi) is 3.34. The van der Waals surface area contributed by atoms with Crippen LogP contribution in [-0.4, -0.2) is 12.0 Å². The first kappa shape index (κ1) is 13.8. The number of hydrogen-bond donors (Lipinski definition) is 0. The molecular formula is C16H11NO5. The Morgan fingerprint density at radius 3 is 2.68 bits per heavy atom. The third kappa shape index (κ3) is 2.42. The molecule has 1 aromatic heterocycles. The SMILES string of the molecule is COc1ccc2c(-c3cccc([N+](=O)[O-])c3)cc(=O)oc2c1. The first-order valence-corrected chi connectivity index (χ1v) is 6.45. The second-order valence-corrected chi connectivity index (χ2v) is 4.65. The number of fused-ring (bicyclic) bond motifs is 1. The van der Waals surface area contributed by atoms with E-state index in [-0.39, 0.29) is 5.69 Å². The molecule has 0 aliphatic carbocycles. The second-order valence-electron chi connectivity index (χ2n) is 4.65. The van der Waals surface area contributed by atoms with Crippen molar-refractivity contribution in [1.29, 1.82) is 0 Å². The Hall–Kier alpha value is -3.15. The van der Waals surface area contributed by atoms with Crippen LogP contribution in [0.3, 0.4) is 0 Å². The average Bonchev–Trinajstić information content (AvgIpc) is 2.53. The van der Waals surface area contributed by atoms with Gasteiger partial charge in [0.2, 0.25) is 0 Å². The molecule has 110 valence electrons. The first-order valence-electron chi connectivity index (χ1n) is 6.45. The molecule has 0 aliphatic heterocycles. The fourth-order valence-electron chi connectivity index (χ4n) is 2.30. The number of methoxy groups -OCH3 is 1. The Morgan fingerprint density at radius 2 is 1.95 bits per heavy atom. The van der Waals surface area contributed by atoms with Gasteiger partial charge in [0.05, 0.1) is 12.0 Å². The second kappa shape index (κ2) is 5.33. The van der Waals surface area contributed by atoms with Crippen molar-refractivity contribution in [3.05, 3.63) is 69.1 Å². The van der Waals surface area contributed by atoms with Crippen LogP contribution in [0.5, 0.6) is 5.75 Å². The molecule has 0 bridgehead atoms. The van der Waals surface area contributed by atoms with Crippen LogP contribution in [0.2, 0.25) is 0 Å². The van der Waals surface area contributed by atoms with E-state index in [4.69, 9.17) is 9.15 Å². The quantitative estimate of drug-likeness (QED) is 0.420. The van der Waals surface area contributed by atoms with Gasteiger partial charge in [0.25, 0.3) is 5.69 Å². The summed E-state index contributed by atoms with van der Waals surface area (Å²) in [6.07, 6.45) is 0. The van der Waals surface area contributed by atoms with E-state index in [1.54, 1.807) is 30.3 Å². The molecular weight excluding hydrogens is 286 g/mol. The number of nitro groups is 1. The minimum atomic E-state index is -0.526. The Bertz CT molecular complexity index is 929. The Balaban J connectivity index is 2.28. The van der Waals surface area contributed by atoms with Crippen LogP contribution in [0.1, 0.15) is 0 Å². The molecule has 0 atom stereocenters. The van der Waals surface area contributed by atoms with Crippen LogP contribution in [0.15, 0.2) is 57.7 Å². The van der Waals surface area contributed by atoms with Gasteiger partial charge in [0.15, 0.2) is 0 Å². The van der Waals surface area contributed by atoms with Crippen molar-refractivity contribution in [3.8, 4) is 16.9 Å². The van der Waals surface area contributed by atoms with Gasteiger partial charge in [0, 0.05) is 35.2 Å². The Morgan fingerprint density at radius 1 is 1.14 bits per heavy atom. The number of non-ortho nitro benzene ring substituents is 1. The fourth-order valence-corrected chi connectivity index (χ4v) is 2.30. The van der Waals surface area contributed by atoms with Crippen molar-refractivity contribution >= 4 is 16.7 Å². The zero-order chi connectivity index (χ0) is 15.7. The van der Waals surface area contributed by atoms with Gasteiger partial charge in [-0.05, 0) is 17.7 Å². The number of hydrogen-bond acceptors (Lipinski definition) is 5. The highest BCUT2D eigenvalue weighted by atomic mass is 16.6. The molecule has 0 fully saturated rings. The van der Waals surface area contributed by atoms with Crippen LogP contribution in [0.25, 0.3) is 22.1 Å². The van der Waals surface area contributed by atoms with Gasteiger partial charge in [-0.1, -0.05) is 12.1 Å². The number of ether oxygens (including phenoxy) is 1. The molecule has 0 N–H and O–H groups in total. The lowest BCUT2D eigenvalue weighted by atomic mass is 10.0. The average molecular weight is 297 g/mol. The van der Waals surface area contributed by atoms with Gasteiger partial charge in [-0.15, -0.1) is 0 Å². The lowest BCUT2D eigenvalue weighted by molar-refractivity contribution is -0.384. The normalized spacial score (nSPS) is 10.6. The highest BCUT2D eigenvalue weighted by Gasteiger charge is 2.12. The van der Waals surface area contributed by atoms with Crippen molar-refractivity contribution in [2.75, 3.05) is 7.11 Å². The maximum Gasteiger partial charge on any atom is 0.336 e. The molecule has 3 rings (SSSR count). The van der Waals surface area contributed by atoms with Crippen molar-refractivity contribution in [3.63, 3.8) is 0 Å². The van der Waals surface area contributed by atoms with Crippen LogP contribution < -0.4 is 10.4 Å². The third-order valence-electron chi connectivity index (χ3n) is 3.32. The lowest BCUT2D eigenvalue weighted by Crippen LogP contribution is -1.98. The molecule has 0 radical (unpaired) electrons. The van der Waals surface area contributed by atoms with E-state index in [0.29, 0.717) is 27.8 Å². The largest absolute Gasteiger partial charge is 0.497 e. The van der Waals surface area contributed by atoms with E-state index in [1.807, 2.05) is 0 Å². The molecule has 0 amide bonds. The van der Waals surface area contributed by atoms with Crippen LogP contribution >= 0.6 is 0 Å². The zero-order valence-electron chi connectivity index (χ0n) is 11.6. The van der Waals surface area contributed by atoms with Gasteiger partial charge >= 0.3 is 5.63 Å². The molecule has 6 heteroatoms. The van der Waals surface area contributed by atoms with E-state index < -0.39 is 10.5 Å². The van der Waals surface area contributed by atoms with Gasteiger partial charge in [-0.2, -0.15) is 0 Å². The summed E-state index contributed by atoms with van der Waals surface area (Å²) in [6, 6.07) is 12.6. The van der Waals surface area contributed by atoms with E-state index in [9.17, 15) is 14.9 Å². The van der Waals surface area contributed by atoms with E-state index in [2.05, 4.69) is 0 Å². The summed E-state index contributed by atoms with van der Waals surface area (Å²) in [4.78, 5) is 22.2. The zero-order valence-corrected chi connectivity index (χ0v) is 11.6. The van der Waals surface area contributed by atoms with E-state index >= 15 is 0 Å². The number of rotatable bonds is 3. The summed E-state index contributed by atoms with van der Waals surface area (Å²) in [5.41, 5.74) is 0.970. The molecule has 0 saturated carbocycles. The number of benzene rings is 2. The molecule has 3 aromatic rings.